The normalized spacial score (nSPS) is 21.6. The summed E-state index contributed by atoms with van der Waals surface area (Å²) in [5.74, 6) is 0.497. The summed E-state index contributed by atoms with van der Waals surface area (Å²) in [5, 5.41) is 14.0. The van der Waals surface area contributed by atoms with Crippen molar-refractivity contribution in [1.82, 2.24) is 25.0 Å². The molecule has 1 atom stereocenters. The van der Waals surface area contributed by atoms with Crippen LogP contribution in [0.5, 0.6) is 0 Å². The maximum absolute atomic E-state index is 11.4. The van der Waals surface area contributed by atoms with Crippen molar-refractivity contribution in [3.8, 4) is 22.4 Å². The molecule has 1 saturated carbocycles. The molecule has 2 aliphatic rings. The second kappa shape index (κ2) is 8.78. The molecule has 1 unspecified atom stereocenters. The SMILES string of the molecule is CC1NNc2c1c(CC1CCC(C(=O)O)CC1)nc1c(-c3ccc(-c4ccccc4)nc3)cnn21. The zero-order valence-corrected chi connectivity index (χ0v) is 19.6. The summed E-state index contributed by atoms with van der Waals surface area (Å²) in [6.45, 7) is 2.12. The molecule has 8 heteroatoms. The Morgan fingerprint density at radius 3 is 2.57 bits per heavy atom. The van der Waals surface area contributed by atoms with Gasteiger partial charge >= 0.3 is 5.97 Å². The fourth-order valence-corrected chi connectivity index (χ4v) is 5.46. The van der Waals surface area contributed by atoms with Gasteiger partial charge in [0.2, 0.25) is 0 Å². The van der Waals surface area contributed by atoms with Crippen molar-refractivity contribution in [2.45, 2.75) is 45.1 Å². The molecule has 0 bridgehead atoms. The lowest BCUT2D eigenvalue weighted by Gasteiger charge is -2.26. The van der Waals surface area contributed by atoms with Crippen LogP contribution in [0.3, 0.4) is 0 Å². The number of carboxylic acids is 1. The van der Waals surface area contributed by atoms with E-state index in [9.17, 15) is 9.90 Å². The molecule has 3 aromatic heterocycles. The number of carboxylic acid groups (broad SMARTS) is 1. The molecule has 4 aromatic rings. The molecule has 8 nitrogen and oxygen atoms in total. The minimum atomic E-state index is -0.665. The zero-order valence-electron chi connectivity index (χ0n) is 19.6. The van der Waals surface area contributed by atoms with Gasteiger partial charge in [0.05, 0.1) is 29.5 Å². The van der Waals surface area contributed by atoms with E-state index in [0.29, 0.717) is 5.92 Å². The van der Waals surface area contributed by atoms with Gasteiger partial charge in [-0.25, -0.2) is 10.4 Å². The van der Waals surface area contributed by atoms with Crippen LogP contribution >= 0.6 is 0 Å². The van der Waals surface area contributed by atoms with Crippen LogP contribution in [-0.4, -0.2) is 30.7 Å². The fourth-order valence-electron chi connectivity index (χ4n) is 5.46. The topological polar surface area (TPSA) is 104 Å². The highest BCUT2D eigenvalue weighted by Gasteiger charge is 2.31. The van der Waals surface area contributed by atoms with Crippen LogP contribution in [0.2, 0.25) is 0 Å². The average molecular weight is 469 g/mol. The monoisotopic (exact) mass is 468 g/mol. The first-order valence-electron chi connectivity index (χ1n) is 12.2. The second-order valence-corrected chi connectivity index (χ2v) is 9.66. The van der Waals surface area contributed by atoms with E-state index < -0.39 is 5.97 Å². The predicted octanol–water partition coefficient (Wildman–Crippen LogP) is 4.88. The Labute approximate surface area is 203 Å². The average Bonchev–Trinajstić information content (AvgIpc) is 3.49. The van der Waals surface area contributed by atoms with E-state index in [0.717, 1.165) is 77.2 Å². The van der Waals surface area contributed by atoms with E-state index in [1.54, 1.807) is 0 Å². The summed E-state index contributed by atoms with van der Waals surface area (Å²) in [5.41, 5.74) is 13.5. The number of aliphatic carboxylic acids is 1. The molecule has 35 heavy (non-hydrogen) atoms. The van der Waals surface area contributed by atoms with Crippen molar-refractivity contribution < 1.29 is 9.90 Å². The summed E-state index contributed by atoms with van der Waals surface area (Å²) in [6.07, 6.45) is 7.91. The number of nitrogens with one attached hydrogen (secondary N) is 2. The molecule has 0 saturated heterocycles. The molecule has 1 aliphatic heterocycles. The third-order valence-corrected chi connectivity index (χ3v) is 7.42. The van der Waals surface area contributed by atoms with Crippen molar-refractivity contribution in [2.75, 3.05) is 5.43 Å². The molecule has 1 aromatic carbocycles. The van der Waals surface area contributed by atoms with Crippen LogP contribution in [0, 0.1) is 11.8 Å². The Kier molecular flexibility index (Phi) is 5.45. The number of rotatable bonds is 5. The molecule has 178 valence electrons. The minimum absolute atomic E-state index is 0.117. The molecule has 3 N–H and O–H groups in total. The van der Waals surface area contributed by atoms with E-state index >= 15 is 0 Å². The van der Waals surface area contributed by atoms with E-state index in [4.69, 9.17) is 9.97 Å². The van der Waals surface area contributed by atoms with Crippen molar-refractivity contribution in [3.05, 3.63) is 66.1 Å². The second-order valence-electron chi connectivity index (χ2n) is 9.66. The van der Waals surface area contributed by atoms with Gasteiger partial charge in [0.15, 0.2) is 11.5 Å². The summed E-state index contributed by atoms with van der Waals surface area (Å²) < 4.78 is 1.87. The van der Waals surface area contributed by atoms with E-state index in [2.05, 4.69) is 41.1 Å². The number of benzene rings is 1. The summed E-state index contributed by atoms with van der Waals surface area (Å²) in [7, 11) is 0. The maximum Gasteiger partial charge on any atom is 0.306 e. The van der Waals surface area contributed by atoms with Crippen LogP contribution in [0.15, 0.2) is 54.9 Å². The van der Waals surface area contributed by atoms with Gasteiger partial charge in [-0.2, -0.15) is 9.61 Å². The molecular formula is C27H28N6O2. The van der Waals surface area contributed by atoms with Gasteiger partial charge in [-0.15, -0.1) is 0 Å². The van der Waals surface area contributed by atoms with Crippen LogP contribution in [0.4, 0.5) is 5.82 Å². The Bertz CT molecular complexity index is 1370. The van der Waals surface area contributed by atoms with Gasteiger partial charge < -0.3 is 10.5 Å². The number of carbonyl (C=O) groups is 1. The number of nitrogens with zero attached hydrogens (tertiary/aromatic N) is 4. The van der Waals surface area contributed by atoms with E-state index in [1.165, 1.54) is 0 Å². The van der Waals surface area contributed by atoms with Gasteiger partial charge in [-0.05, 0) is 51.0 Å². The third-order valence-electron chi connectivity index (χ3n) is 7.42. The van der Waals surface area contributed by atoms with Crippen molar-refractivity contribution >= 4 is 17.4 Å². The fraction of sp³-hybridized carbons (Fsp3) is 0.333. The smallest absolute Gasteiger partial charge is 0.306 e. The van der Waals surface area contributed by atoms with Crippen molar-refractivity contribution in [2.24, 2.45) is 11.8 Å². The number of hydrogen-bond donors (Lipinski definition) is 3. The van der Waals surface area contributed by atoms with Gasteiger partial charge in [-0.3, -0.25) is 9.78 Å². The highest BCUT2D eigenvalue weighted by Crippen LogP contribution is 2.37. The number of hydrazine groups is 1. The first-order valence-corrected chi connectivity index (χ1v) is 12.2. The predicted molar refractivity (Wildman–Crippen MR) is 134 cm³/mol. The van der Waals surface area contributed by atoms with Gasteiger partial charge in [-0.1, -0.05) is 36.4 Å². The zero-order chi connectivity index (χ0) is 23.9. The molecule has 0 amide bonds. The largest absolute Gasteiger partial charge is 0.481 e. The Morgan fingerprint density at radius 1 is 1.06 bits per heavy atom. The summed E-state index contributed by atoms with van der Waals surface area (Å²) in [6, 6.07) is 14.4. The molecular weight excluding hydrogens is 440 g/mol. The van der Waals surface area contributed by atoms with E-state index in [1.807, 2.05) is 41.2 Å². The maximum atomic E-state index is 11.4. The molecule has 1 aliphatic carbocycles. The first kappa shape index (κ1) is 21.7. The number of pyridine rings is 1. The van der Waals surface area contributed by atoms with Crippen LogP contribution in [-0.2, 0) is 11.2 Å². The van der Waals surface area contributed by atoms with Crippen LogP contribution in [0.1, 0.15) is 49.9 Å². The van der Waals surface area contributed by atoms with Gasteiger partial charge in [0.25, 0.3) is 0 Å². The first-order chi connectivity index (χ1) is 17.1. The molecule has 1 fully saturated rings. The Hall–Kier alpha value is -3.78. The summed E-state index contributed by atoms with van der Waals surface area (Å²) >= 11 is 0. The van der Waals surface area contributed by atoms with Crippen molar-refractivity contribution in [3.63, 3.8) is 0 Å². The standard InChI is InChI=1S/C27H28N6O2/c1-16-24-23(13-17-7-9-19(10-8-17)27(34)35)30-25-21(15-29-33(25)26(24)32-31-16)20-11-12-22(28-14-20)18-5-3-2-4-6-18/h2-6,11-12,14-17,19,31-32H,7-10,13H2,1H3,(H,34,35). The lowest BCUT2D eigenvalue weighted by atomic mass is 9.79. The number of fused-ring (bicyclic) bond motifs is 3. The molecule has 0 spiro atoms. The van der Waals surface area contributed by atoms with Crippen LogP contribution in [0.25, 0.3) is 28.0 Å². The number of hydrogen-bond acceptors (Lipinski definition) is 6. The quantitative estimate of drug-likeness (QED) is 0.383. The third kappa shape index (κ3) is 3.93. The highest BCUT2D eigenvalue weighted by molar-refractivity contribution is 5.79. The van der Waals surface area contributed by atoms with Gasteiger partial charge in [0, 0.05) is 28.5 Å². The van der Waals surface area contributed by atoms with Crippen LogP contribution < -0.4 is 10.9 Å². The molecule has 0 radical (unpaired) electrons. The lowest BCUT2D eigenvalue weighted by Crippen LogP contribution is -2.23. The van der Waals surface area contributed by atoms with E-state index in [-0.39, 0.29) is 12.0 Å². The highest BCUT2D eigenvalue weighted by atomic mass is 16.4. The number of aromatic nitrogens is 4. The van der Waals surface area contributed by atoms with Crippen molar-refractivity contribution in [1.29, 1.82) is 0 Å². The lowest BCUT2D eigenvalue weighted by molar-refractivity contribution is -0.143. The van der Waals surface area contributed by atoms with Gasteiger partial charge in [0.1, 0.15) is 0 Å². The molecule has 4 heterocycles. The molecule has 6 rings (SSSR count). The Morgan fingerprint density at radius 2 is 1.86 bits per heavy atom. The Balaban J connectivity index is 1.35. The number of anilines is 1. The minimum Gasteiger partial charge on any atom is -0.481 e. The summed E-state index contributed by atoms with van der Waals surface area (Å²) in [4.78, 5) is 21.2.